The molecule has 9 heavy (non-hydrogen) atoms. The van der Waals surface area contributed by atoms with Gasteiger partial charge in [-0.3, -0.25) is 0 Å². The topological polar surface area (TPSA) is 12.4 Å². The molecule has 0 saturated heterocycles. The van der Waals surface area contributed by atoms with E-state index in [1.165, 1.54) is 17.5 Å². The molecule has 0 aromatic carbocycles. The van der Waals surface area contributed by atoms with Gasteiger partial charge >= 0.3 is 0 Å². The molecule has 1 heterocycles. The first kappa shape index (κ1) is 6.87. The summed E-state index contributed by atoms with van der Waals surface area (Å²) >= 11 is 1.51. The van der Waals surface area contributed by atoms with Crippen LogP contribution in [0, 0.1) is 5.41 Å². The third kappa shape index (κ3) is 1.36. The van der Waals surface area contributed by atoms with E-state index in [1.54, 1.807) is 0 Å². The third-order valence-corrected chi connectivity index (χ3v) is 2.37. The summed E-state index contributed by atoms with van der Waals surface area (Å²) in [6.07, 6.45) is 1.99. The maximum Gasteiger partial charge on any atom is 0.0227 e. The Morgan fingerprint density at radius 1 is 1.56 bits per heavy atom. The standard InChI is InChI=1S/C7H11NS/c1-6-4-9-8-5-7(6,2)3/h4-5H,1-3H3. The second-order valence-electron chi connectivity index (χ2n) is 2.86. The van der Waals surface area contributed by atoms with Crippen molar-refractivity contribution in [3.8, 4) is 0 Å². The zero-order valence-corrected chi connectivity index (χ0v) is 6.83. The summed E-state index contributed by atoms with van der Waals surface area (Å²) in [7, 11) is 0. The predicted molar refractivity (Wildman–Crippen MR) is 43.6 cm³/mol. The van der Waals surface area contributed by atoms with E-state index in [-0.39, 0.29) is 5.41 Å². The van der Waals surface area contributed by atoms with Gasteiger partial charge < -0.3 is 0 Å². The molecule has 1 rings (SSSR count). The van der Waals surface area contributed by atoms with Crippen LogP contribution in [0.5, 0.6) is 0 Å². The fraction of sp³-hybridized carbons (Fsp3) is 0.571. The largest absolute Gasteiger partial charge is 0.224 e. The van der Waals surface area contributed by atoms with E-state index in [9.17, 15) is 0 Å². The Bertz CT molecular complexity index is 168. The lowest BCUT2D eigenvalue weighted by atomic mass is 9.88. The summed E-state index contributed by atoms with van der Waals surface area (Å²) < 4.78 is 4.10. The first-order chi connectivity index (χ1) is 4.13. The van der Waals surface area contributed by atoms with Gasteiger partial charge in [-0.25, -0.2) is 4.40 Å². The van der Waals surface area contributed by atoms with Gasteiger partial charge in [0, 0.05) is 23.6 Å². The van der Waals surface area contributed by atoms with Crippen LogP contribution in [0.1, 0.15) is 20.8 Å². The zero-order valence-electron chi connectivity index (χ0n) is 6.01. The fourth-order valence-electron chi connectivity index (χ4n) is 0.525. The maximum atomic E-state index is 4.10. The molecular weight excluding hydrogens is 130 g/mol. The Kier molecular flexibility index (Phi) is 1.66. The summed E-state index contributed by atoms with van der Waals surface area (Å²) in [5, 5.41) is 2.10. The van der Waals surface area contributed by atoms with Crippen molar-refractivity contribution >= 4 is 18.2 Å². The monoisotopic (exact) mass is 141 g/mol. The molecule has 0 radical (unpaired) electrons. The summed E-state index contributed by atoms with van der Waals surface area (Å²) in [6.45, 7) is 6.47. The molecule has 0 aromatic rings. The van der Waals surface area contributed by atoms with E-state index in [0.29, 0.717) is 0 Å². The van der Waals surface area contributed by atoms with Gasteiger partial charge in [0.15, 0.2) is 0 Å². The van der Waals surface area contributed by atoms with Crippen LogP contribution in [0.15, 0.2) is 15.4 Å². The van der Waals surface area contributed by atoms with Crippen molar-refractivity contribution in [1.29, 1.82) is 0 Å². The first-order valence-electron chi connectivity index (χ1n) is 3.00. The maximum absolute atomic E-state index is 4.10. The highest BCUT2D eigenvalue weighted by molar-refractivity contribution is 8.01. The molecule has 2 heteroatoms. The van der Waals surface area contributed by atoms with Gasteiger partial charge in [-0.15, -0.1) is 0 Å². The quantitative estimate of drug-likeness (QED) is 0.472. The SMILES string of the molecule is CC1=CSN=CC1(C)C. The van der Waals surface area contributed by atoms with Crippen LogP contribution in [-0.2, 0) is 0 Å². The van der Waals surface area contributed by atoms with Crippen LogP contribution < -0.4 is 0 Å². The second-order valence-corrected chi connectivity index (χ2v) is 3.52. The minimum Gasteiger partial charge on any atom is -0.224 e. The molecule has 1 aliphatic rings. The van der Waals surface area contributed by atoms with Crippen LogP contribution in [0.2, 0.25) is 0 Å². The second kappa shape index (κ2) is 2.18. The molecule has 0 bridgehead atoms. The minimum absolute atomic E-state index is 0.186. The summed E-state index contributed by atoms with van der Waals surface area (Å²) in [6, 6.07) is 0. The lowest BCUT2D eigenvalue weighted by Crippen LogP contribution is -2.15. The Hall–Kier alpha value is -0.240. The van der Waals surface area contributed by atoms with E-state index >= 15 is 0 Å². The summed E-state index contributed by atoms with van der Waals surface area (Å²) in [5.74, 6) is 0. The van der Waals surface area contributed by atoms with Gasteiger partial charge in [-0.05, 0) is 12.3 Å². The van der Waals surface area contributed by atoms with Crippen molar-refractivity contribution in [2.45, 2.75) is 20.8 Å². The Morgan fingerprint density at radius 3 is 2.56 bits per heavy atom. The van der Waals surface area contributed by atoms with Crippen LogP contribution in [0.4, 0.5) is 0 Å². The normalized spacial score (nSPS) is 23.7. The number of allylic oxidation sites excluding steroid dienone is 1. The van der Waals surface area contributed by atoms with Crippen molar-refractivity contribution in [2.24, 2.45) is 9.81 Å². The van der Waals surface area contributed by atoms with Crippen LogP contribution in [0.3, 0.4) is 0 Å². The molecular formula is C7H11NS. The van der Waals surface area contributed by atoms with Gasteiger partial charge in [0.25, 0.3) is 0 Å². The Morgan fingerprint density at radius 2 is 2.22 bits per heavy atom. The van der Waals surface area contributed by atoms with Crippen molar-refractivity contribution in [2.75, 3.05) is 0 Å². The average Bonchev–Trinajstić information content (AvgIpc) is 1.77. The van der Waals surface area contributed by atoms with E-state index in [4.69, 9.17) is 0 Å². The van der Waals surface area contributed by atoms with Gasteiger partial charge in [-0.2, -0.15) is 0 Å². The average molecular weight is 141 g/mol. The summed E-state index contributed by atoms with van der Waals surface area (Å²) in [5.41, 5.74) is 1.58. The van der Waals surface area contributed by atoms with E-state index in [1.807, 2.05) is 6.21 Å². The molecule has 0 spiro atoms. The highest BCUT2D eigenvalue weighted by atomic mass is 32.2. The zero-order chi connectivity index (χ0) is 6.91. The highest BCUT2D eigenvalue weighted by Crippen LogP contribution is 2.30. The number of hydrogen-bond acceptors (Lipinski definition) is 2. The fourth-order valence-corrected chi connectivity index (χ4v) is 1.37. The lowest BCUT2D eigenvalue weighted by Gasteiger charge is -2.22. The Labute approximate surface area is 60.4 Å². The van der Waals surface area contributed by atoms with Crippen LogP contribution in [0.25, 0.3) is 0 Å². The molecule has 0 fully saturated rings. The molecule has 0 unspecified atom stereocenters. The highest BCUT2D eigenvalue weighted by Gasteiger charge is 2.19. The minimum atomic E-state index is 0.186. The number of rotatable bonds is 0. The molecule has 0 aliphatic carbocycles. The molecule has 0 N–H and O–H groups in total. The predicted octanol–water partition coefficient (Wildman–Crippen LogP) is 2.65. The van der Waals surface area contributed by atoms with Crippen molar-refractivity contribution in [1.82, 2.24) is 0 Å². The lowest BCUT2D eigenvalue weighted by molar-refractivity contribution is 0.644. The van der Waals surface area contributed by atoms with Crippen molar-refractivity contribution in [3.05, 3.63) is 11.0 Å². The number of nitrogens with zero attached hydrogens (tertiary/aromatic N) is 1. The van der Waals surface area contributed by atoms with Crippen LogP contribution >= 0.6 is 11.9 Å². The molecule has 50 valence electrons. The van der Waals surface area contributed by atoms with Crippen molar-refractivity contribution < 1.29 is 0 Å². The first-order valence-corrected chi connectivity index (χ1v) is 3.84. The van der Waals surface area contributed by atoms with E-state index < -0.39 is 0 Å². The van der Waals surface area contributed by atoms with Crippen LogP contribution in [-0.4, -0.2) is 6.21 Å². The van der Waals surface area contributed by atoms with E-state index in [0.717, 1.165) is 0 Å². The van der Waals surface area contributed by atoms with Gasteiger partial charge in [0.2, 0.25) is 0 Å². The van der Waals surface area contributed by atoms with Gasteiger partial charge in [0.1, 0.15) is 0 Å². The molecule has 1 aliphatic heterocycles. The number of hydrogen-bond donors (Lipinski definition) is 0. The smallest absolute Gasteiger partial charge is 0.0227 e. The molecule has 0 amide bonds. The molecule has 1 nitrogen and oxygen atoms in total. The third-order valence-electron chi connectivity index (χ3n) is 1.68. The molecule has 0 atom stereocenters. The van der Waals surface area contributed by atoms with Crippen molar-refractivity contribution in [3.63, 3.8) is 0 Å². The molecule has 0 saturated carbocycles. The van der Waals surface area contributed by atoms with Gasteiger partial charge in [0.05, 0.1) is 0 Å². The van der Waals surface area contributed by atoms with E-state index in [2.05, 4.69) is 30.6 Å². The molecule has 0 aromatic heterocycles. The Balaban J connectivity index is 2.83. The van der Waals surface area contributed by atoms with Gasteiger partial charge in [-0.1, -0.05) is 19.4 Å². The summed E-state index contributed by atoms with van der Waals surface area (Å²) in [4.78, 5) is 0.